The maximum atomic E-state index is 11.9. The van der Waals surface area contributed by atoms with Crippen LogP contribution in [0.2, 0.25) is 0 Å². The Morgan fingerprint density at radius 2 is 2.30 bits per heavy atom. The summed E-state index contributed by atoms with van der Waals surface area (Å²) in [5.74, 6) is -0.348. The highest BCUT2D eigenvalue weighted by Crippen LogP contribution is 2.20. The molecule has 2 heterocycles. The maximum Gasteiger partial charge on any atom is 0.307 e. The Bertz CT molecular complexity index is 495. The predicted octanol–water partition coefficient (Wildman–Crippen LogP) is -0.551. The fourth-order valence-electron chi connectivity index (χ4n) is 2.10. The zero-order chi connectivity index (χ0) is 14.6. The number of aromatic nitrogens is 2. The van der Waals surface area contributed by atoms with Crippen molar-refractivity contribution in [2.24, 2.45) is 0 Å². The fourth-order valence-corrected chi connectivity index (χ4v) is 2.10. The Labute approximate surface area is 114 Å². The molecule has 0 saturated carbocycles. The van der Waals surface area contributed by atoms with Gasteiger partial charge in [0.25, 0.3) is 0 Å². The first-order valence-corrected chi connectivity index (χ1v) is 6.21. The standard InChI is InChI=1S/C11H16N4O5/c16-8-11(1-3-20-4-2-11)13-10(17)7-14-6-9(5-12-14)15(18)19/h5-6,16H,1-4,7-8H2,(H,13,17). The van der Waals surface area contributed by atoms with Gasteiger partial charge in [-0.05, 0) is 12.8 Å². The van der Waals surface area contributed by atoms with E-state index in [1.807, 2.05) is 0 Å². The minimum Gasteiger partial charge on any atom is -0.394 e. The Kier molecular flexibility index (Phi) is 4.30. The van der Waals surface area contributed by atoms with E-state index in [2.05, 4.69) is 10.4 Å². The monoisotopic (exact) mass is 284 g/mol. The van der Waals surface area contributed by atoms with Crippen LogP contribution in [0.5, 0.6) is 0 Å². The lowest BCUT2D eigenvalue weighted by molar-refractivity contribution is -0.385. The van der Waals surface area contributed by atoms with Crippen molar-refractivity contribution in [3.63, 3.8) is 0 Å². The van der Waals surface area contributed by atoms with E-state index in [0.29, 0.717) is 26.1 Å². The van der Waals surface area contributed by atoms with Gasteiger partial charge < -0.3 is 15.2 Å². The smallest absolute Gasteiger partial charge is 0.307 e. The molecule has 2 N–H and O–H groups in total. The normalized spacial score (nSPS) is 17.6. The van der Waals surface area contributed by atoms with Gasteiger partial charge in [-0.15, -0.1) is 0 Å². The van der Waals surface area contributed by atoms with Gasteiger partial charge in [-0.25, -0.2) is 0 Å². The SMILES string of the molecule is O=C(Cn1cc([N+](=O)[O-])cn1)NC1(CO)CCOCC1. The summed E-state index contributed by atoms with van der Waals surface area (Å²) in [6.07, 6.45) is 3.35. The summed E-state index contributed by atoms with van der Waals surface area (Å²) in [5.41, 5.74) is -0.838. The van der Waals surface area contributed by atoms with Gasteiger partial charge in [-0.2, -0.15) is 5.10 Å². The fraction of sp³-hybridized carbons (Fsp3) is 0.636. The minimum absolute atomic E-state index is 0.129. The van der Waals surface area contributed by atoms with E-state index < -0.39 is 10.5 Å². The van der Waals surface area contributed by atoms with Gasteiger partial charge in [0.15, 0.2) is 0 Å². The molecule has 1 aliphatic heterocycles. The first-order valence-electron chi connectivity index (χ1n) is 6.21. The molecule has 9 nitrogen and oxygen atoms in total. The Hall–Kier alpha value is -2.00. The summed E-state index contributed by atoms with van der Waals surface area (Å²) >= 11 is 0. The van der Waals surface area contributed by atoms with Crippen molar-refractivity contribution in [1.82, 2.24) is 15.1 Å². The number of carbonyl (C=O) groups excluding carboxylic acids is 1. The van der Waals surface area contributed by atoms with E-state index in [-0.39, 0.29) is 24.7 Å². The lowest BCUT2D eigenvalue weighted by atomic mass is 9.91. The van der Waals surface area contributed by atoms with Gasteiger partial charge in [0.2, 0.25) is 5.91 Å². The quantitative estimate of drug-likeness (QED) is 0.553. The van der Waals surface area contributed by atoms with Gasteiger partial charge >= 0.3 is 5.69 Å². The van der Waals surface area contributed by atoms with Crippen molar-refractivity contribution in [2.45, 2.75) is 24.9 Å². The first-order chi connectivity index (χ1) is 9.54. The third-order valence-corrected chi connectivity index (χ3v) is 3.29. The number of hydrogen-bond donors (Lipinski definition) is 2. The molecule has 20 heavy (non-hydrogen) atoms. The van der Waals surface area contributed by atoms with E-state index in [0.717, 1.165) is 6.20 Å². The van der Waals surface area contributed by atoms with Crippen molar-refractivity contribution in [2.75, 3.05) is 19.8 Å². The van der Waals surface area contributed by atoms with Crippen LogP contribution in [-0.2, 0) is 16.1 Å². The van der Waals surface area contributed by atoms with Crippen LogP contribution >= 0.6 is 0 Å². The molecule has 0 spiro atoms. The Balaban J connectivity index is 1.95. The summed E-state index contributed by atoms with van der Waals surface area (Å²) in [6, 6.07) is 0. The number of aliphatic hydroxyl groups is 1. The van der Waals surface area contributed by atoms with Gasteiger partial charge in [0.1, 0.15) is 18.9 Å². The minimum atomic E-state index is -0.672. The molecule has 0 unspecified atom stereocenters. The van der Waals surface area contributed by atoms with E-state index in [1.165, 1.54) is 10.9 Å². The summed E-state index contributed by atoms with van der Waals surface area (Å²) in [6.45, 7) is 0.667. The molecule has 0 aliphatic carbocycles. The molecule has 1 fully saturated rings. The number of ether oxygens (including phenoxy) is 1. The van der Waals surface area contributed by atoms with Crippen molar-refractivity contribution in [1.29, 1.82) is 0 Å². The number of hydrogen-bond acceptors (Lipinski definition) is 6. The van der Waals surface area contributed by atoms with Gasteiger partial charge in [0.05, 0.1) is 17.1 Å². The molecule has 9 heteroatoms. The van der Waals surface area contributed by atoms with Crippen LogP contribution in [0.15, 0.2) is 12.4 Å². The average Bonchev–Trinajstić information content (AvgIpc) is 2.88. The van der Waals surface area contributed by atoms with Crippen LogP contribution in [0.4, 0.5) is 5.69 Å². The predicted molar refractivity (Wildman–Crippen MR) is 66.9 cm³/mol. The molecule has 110 valence electrons. The summed E-state index contributed by atoms with van der Waals surface area (Å²) in [5, 5.41) is 26.5. The van der Waals surface area contributed by atoms with Crippen LogP contribution in [0.1, 0.15) is 12.8 Å². The molecular weight excluding hydrogens is 268 g/mol. The summed E-state index contributed by atoms with van der Waals surface area (Å²) in [4.78, 5) is 21.9. The number of rotatable bonds is 5. The van der Waals surface area contributed by atoms with Crippen molar-refractivity contribution >= 4 is 11.6 Å². The van der Waals surface area contributed by atoms with Crippen LogP contribution in [0.3, 0.4) is 0 Å². The van der Waals surface area contributed by atoms with Crippen LogP contribution in [0.25, 0.3) is 0 Å². The van der Waals surface area contributed by atoms with Crippen molar-refractivity contribution in [3.8, 4) is 0 Å². The highest BCUT2D eigenvalue weighted by atomic mass is 16.6. The number of amides is 1. The lowest BCUT2D eigenvalue weighted by Gasteiger charge is -2.36. The van der Waals surface area contributed by atoms with E-state index >= 15 is 0 Å². The second-order valence-electron chi connectivity index (χ2n) is 4.75. The van der Waals surface area contributed by atoms with E-state index in [1.54, 1.807) is 0 Å². The van der Waals surface area contributed by atoms with E-state index in [4.69, 9.17) is 4.74 Å². The summed E-state index contributed by atoms with van der Waals surface area (Å²) < 4.78 is 6.39. The Morgan fingerprint density at radius 3 is 2.85 bits per heavy atom. The van der Waals surface area contributed by atoms with Gasteiger partial charge in [0, 0.05) is 13.2 Å². The molecule has 1 amide bonds. The number of nitro groups is 1. The first kappa shape index (κ1) is 14.4. The van der Waals surface area contributed by atoms with Crippen molar-refractivity contribution < 1.29 is 19.6 Å². The van der Waals surface area contributed by atoms with Gasteiger partial charge in [-0.3, -0.25) is 19.6 Å². The lowest BCUT2D eigenvalue weighted by Crippen LogP contribution is -2.55. The largest absolute Gasteiger partial charge is 0.394 e. The zero-order valence-electron chi connectivity index (χ0n) is 10.8. The van der Waals surface area contributed by atoms with Crippen molar-refractivity contribution in [3.05, 3.63) is 22.5 Å². The molecule has 1 aromatic heterocycles. The molecule has 1 saturated heterocycles. The number of nitrogens with one attached hydrogen (secondary N) is 1. The second-order valence-corrected chi connectivity index (χ2v) is 4.75. The molecule has 0 bridgehead atoms. The molecule has 2 rings (SSSR count). The van der Waals surface area contributed by atoms with Crippen LogP contribution < -0.4 is 5.32 Å². The topological polar surface area (TPSA) is 120 Å². The molecule has 0 radical (unpaired) electrons. The average molecular weight is 284 g/mol. The number of carbonyl (C=O) groups is 1. The molecular formula is C11H16N4O5. The number of aliphatic hydroxyl groups excluding tert-OH is 1. The third kappa shape index (κ3) is 3.31. The second kappa shape index (κ2) is 5.97. The van der Waals surface area contributed by atoms with Crippen LogP contribution in [-0.4, -0.2) is 51.1 Å². The molecule has 0 atom stereocenters. The Morgan fingerprint density at radius 1 is 1.60 bits per heavy atom. The van der Waals surface area contributed by atoms with Crippen LogP contribution in [0, 0.1) is 10.1 Å². The molecule has 1 aromatic rings. The van der Waals surface area contributed by atoms with E-state index in [9.17, 15) is 20.0 Å². The third-order valence-electron chi connectivity index (χ3n) is 3.29. The highest BCUT2D eigenvalue weighted by Gasteiger charge is 2.33. The summed E-state index contributed by atoms with van der Waals surface area (Å²) in [7, 11) is 0. The number of nitrogens with zero attached hydrogens (tertiary/aromatic N) is 3. The highest BCUT2D eigenvalue weighted by molar-refractivity contribution is 5.76. The molecule has 0 aromatic carbocycles. The molecule has 1 aliphatic rings. The van der Waals surface area contributed by atoms with Gasteiger partial charge in [-0.1, -0.05) is 0 Å². The zero-order valence-corrected chi connectivity index (χ0v) is 10.8. The maximum absolute atomic E-state index is 11.9.